The van der Waals surface area contributed by atoms with Crippen LogP contribution < -0.4 is 4.59 Å². The van der Waals surface area contributed by atoms with Gasteiger partial charge in [-0.2, -0.15) is 5.10 Å². The lowest BCUT2D eigenvalue weighted by molar-refractivity contribution is -0.109. The van der Waals surface area contributed by atoms with Gasteiger partial charge in [-0.05, 0) is 12.2 Å². The number of rotatable bonds is 4. The molecule has 0 bridgehead atoms. The number of nitrogens with zero attached hydrogens (tertiary/aromatic N) is 5. The normalized spacial score (nSPS) is 31.9. The second kappa shape index (κ2) is 5.27. The van der Waals surface area contributed by atoms with Crippen molar-refractivity contribution in [1.29, 1.82) is 0 Å². The second-order valence-corrected chi connectivity index (χ2v) is 7.44. The van der Waals surface area contributed by atoms with Crippen LogP contribution in [0.15, 0.2) is 58.2 Å². The van der Waals surface area contributed by atoms with Crippen LogP contribution in [0.5, 0.6) is 0 Å². The highest BCUT2D eigenvalue weighted by atomic mass is 32.2. The number of hydrogen-bond acceptors (Lipinski definition) is 6. The van der Waals surface area contributed by atoms with E-state index < -0.39 is 0 Å². The van der Waals surface area contributed by atoms with Crippen LogP contribution >= 0.6 is 11.8 Å². The van der Waals surface area contributed by atoms with E-state index in [0.717, 1.165) is 23.7 Å². The third-order valence-electron chi connectivity index (χ3n) is 4.70. The molecule has 1 aromatic rings. The van der Waals surface area contributed by atoms with Crippen molar-refractivity contribution in [3.8, 4) is 0 Å². The van der Waals surface area contributed by atoms with E-state index in [4.69, 9.17) is 4.74 Å². The standard InChI is InChI=1S/C17H16N5O2S/c1-21-7-12(6-19-21)22-8-11(22)4-16(23)15(20-22)9-24-13-2-3-14-17(5-13)25-10-18-14/h2-7,10,14,17H,8-9H2,1H3/q+1. The van der Waals surface area contributed by atoms with Gasteiger partial charge in [0.25, 0.3) is 0 Å². The summed E-state index contributed by atoms with van der Waals surface area (Å²) in [6.07, 6.45) is 11.4. The number of carbonyl (C=O) groups excluding carboxylic acids is 1. The number of allylic oxidation sites excluding steroid dienone is 2. The molecule has 1 aliphatic carbocycles. The molecule has 0 N–H and O–H groups in total. The van der Waals surface area contributed by atoms with Gasteiger partial charge in [-0.25, -0.2) is 0 Å². The molecular formula is C17H16N5O2S+. The molecule has 4 aliphatic rings. The van der Waals surface area contributed by atoms with Crippen molar-refractivity contribution in [2.75, 3.05) is 13.2 Å². The molecule has 4 heterocycles. The molecule has 0 spiro atoms. The summed E-state index contributed by atoms with van der Waals surface area (Å²) >= 11 is 1.68. The number of aromatic nitrogens is 2. The third-order valence-corrected chi connectivity index (χ3v) is 5.68. The summed E-state index contributed by atoms with van der Waals surface area (Å²) in [5.41, 5.74) is 4.29. The van der Waals surface area contributed by atoms with Crippen LogP contribution in [0, 0.1) is 0 Å². The molecule has 5 rings (SSSR count). The Kier molecular flexibility index (Phi) is 3.13. The number of thioether (sulfide) groups is 1. The average Bonchev–Trinajstić information content (AvgIpc) is 2.95. The third kappa shape index (κ3) is 2.40. The number of fused-ring (bicyclic) bond motifs is 2. The Morgan fingerprint density at radius 2 is 2.40 bits per heavy atom. The Hall–Kier alpha value is -2.45. The summed E-state index contributed by atoms with van der Waals surface area (Å²) in [6.45, 7) is 0.892. The SMILES string of the molecule is Cn1cc([N+]23CC2=CC(=O)C(COC2=CC4SC=NC4C=C2)=N3)cn1. The second-order valence-electron chi connectivity index (χ2n) is 6.41. The van der Waals surface area contributed by atoms with Crippen molar-refractivity contribution < 1.29 is 9.53 Å². The minimum atomic E-state index is -0.0676. The fraction of sp³-hybridized carbons (Fsp3) is 0.294. The molecule has 1 aromatic heterocycles. The van der Waals surface area contributed by atoms with E-state index in [2.05, 4.69) is 21.3 Å². The first kappa shape index (κ1) is 14.9. The van der Waals surface area contributed by atoms with Gasteiger partial charge in [-0.15, -0.1) is 16.4 Å². The maximum absolute atomic E-state index is 12.3. The number of ether oxygens (including phenoxy) is 1. The summed E-state index contributed by atoms with van der Waals surface area (Å²) in [6, 6.07) is 0.202. The van der Waals surface area contributed by atoms with E-state index in [1.165, 1.54) is 0 Å². The lowest BCUT2D eigenvalue weighted by atomic mass is 10.1. The molecule has 0 saturated carbocycles. The highest BCUT2D eigenvalue weighted by molar-refractivity contribution is 8.13. The Morgan fingerprint density at radius 1 is 1.48 bits per heavy atom. The molecule has 3 aliphatic heterocycles. The molecule has 1 fully saturated rings. The summed E-state index contributed by atoms with van der Waals surface area (Å²) in [7, 11) is 1.87. The average molecular weight is 354 g/mol. The van der Waals surface area contributed by atoms with Crippen LogP contribution in [-0.4, -0.2) is 51.3 Å². The van der Waals surface area contributed by atoms with Gasteiger partial charge >= 0.3 is 0 Å². The van der Waals surface area contributed by atoms with Gasteiger partial charge in [0.2, 0.25) is 17.2 Å². The van der Waals surface area contributed by atoms with E-state index in [0.29, 0.717) is 10.3 Å². The first-order valence-electron chi connectivity index (χ1n) is 8.06. The topological polar surface area (TPSA) is 68.8 Å². The minimum Gasteiger partial charge on any atom is -0.487 e. The maximum atomic E-state index is 12.3. The summed E-state index contributed by atoms with van der Waals surface area (Å²) in [5.74, 6) is 0.699. The highest BCUT2D eigenvalue weighted by Crippen LogP contribution is 2.44. The summed E-state index contributed by atoms with van der Waals surface area (Å²) < 4.78 is 7.94. The Bertz CT molecular complexity index is 925. The Balaban J connectivity index is 1.34. The molecule has 7 nitrogen and oxygen atoms in total. The summed E-state index contributed by atoms with van der Waals surface area (Å²) in [5, 5.41) is 9.18. The van der Waals surface area contributed by atoms with E-state index >= 15 is 0 Å². The molecule has 0 amide bonds. The molecule has 1 saturated heterocycles. The predicted octanol–water partition coefficient (Wildman–Crippen LogP) is 1.55. The molecule has 8 heteroatoms. The van der Waals surface area contributed by atoms with E-state index in [1.54, 1.807) is 28.7 Å². The zero-order chi connectivity index (χ0) is 17.0. The van der Waals surface area contributed by atoms with Crippen molar-refractivity contribution in [3.05, 3.63) is 48.2 Å². The smallest absolute Gasteiger partial charge is 0.214 e. The lowest BCUT2D eigenvalue weighted by Crippen LogP contribution is -2.30. The Morgan fingerprint density at radius 3 is 3.24 bits per heavy atom. The van der Waals surface area contributed by atoms with Gasteiger partial charge in [-0.3, -0.25) is 14.5 Å². The molecule has 126 valence electrons. The molecular weight excluding hydrogens is 338 g/mol. The van der Waals surface area contributed by atoms with Gasteiger partial charge in [0, 0.05) is 7.05 Å². The quantitative estimate of drug-likeness (QED) is 0.608. The number of carbonyl (C=O) groups is 1. The summed E-state index contributed by atoms with van der Waals surface area (Å²) in [4.78, 5) is 16.7. The zero-order valence-corrected chi connectivity index (χ0v) is 14.4. The maximum Gasteiger partial charge on any atom is 0.214 e. The molecule has 0 aromatic carbocycles. The molecule has 3 atom stereocenters. The first-order valence-corrected chi connectivity index (χ1v) is 9.00. The molecule has 25 heavy (non-hydrogen) atoms. The van der Waals surface area contributed by atoms with Crippen LogP contribution in [0.1, 0.15) is 0 Å². The van der Waals surface area contributed by atoms with Gasteiger partial charge in [0.05, 0.1) is 29.1 Å². The van der Waals surface area contributed by atoms with Crippen molar-refractivity contribution in [1.82, 2.24) is 14.4 Å². The fourth-order valence-corrected chi connectivity index (χ4v) is 4.14. The van der Waals surface area contributed by atoms with Crippen LogP contribution in [0.25, 0.3) is 0 Å². The van der Waals surface area contributed by atoms with Crippen molar-refractivity contribution in [3.63, 3.8) is 0 Å². The van der Waals surface area contributed by atoms with E-state index in [1.807, 2.05) is 30.9 Å². The fourth-order valence-electron chi connectivity index (χ4n) is 3.25. The van der Waals surface area contributed by atoms with Gasteiger partial charge in [-0.1, -0.05) is 11.2 Å². The van der Waals surface area contributed by atoms with Gasteiger partial charge in [0.15, 0.2) is 12.3 Å². The highest BCUT2D eigenvalue weighted by Gasteiger charge is 2.58. The van der Waals surface area contributed by atoms with Crippen LogP contribution in [-0.2, 0) is 16.6 Å². The van der Waals surface area contributed by atoms with E-state index in [9.17, 15) is 4.79 Å². The monoisotopic (exact) mass is 354 g/mol. The minimum absolute atomic E-state index is 0.0676. The predicted molar refractivity (Wildman–Crippen MR) is 97.2 cm³/mol. The number of aliphatic imine (C=N–C) groups is 1. The van der Waals surface area contributed by atoms with Crippen LogP contribution in [0.2, 0.25) is 0 Å². The number of hydrogen-bond donors (Lipinski definition) is 0. The first-order chi connectivity index (χ1) is 12.1. The largest absolute Gasteiger partial charge is 0.487 e. The number of aryl methyl sites for hydroxylation is 1. The van der Waals surface area contributed by atoms with Gasteiger partial charge in [0.1, 0.15) is 18.6 Å². The lowest BCUT2D eigenvalue weighted by Gasteiger charge is -2.18. The molecule has 3 unspecified atom stereocenters. The zero-order valence-electron chi connectivity index (χ0n) is 13.6. The van der Waals surface area contributed by atoms with Crippen molar-refractivity contribution in [2.45, 2.75) is 11.3 Å². The molecule has 0 radical (unpaired) electrons. The van der Waals surface area contributed by atoms with Crippen LogP contribution in [0.3, 0.4) is 0 Å². The van der Waals surface area contributed by atoms with Crippen molar-refractivity contribution in [2.24, 2.45) is 17.1 Å². The number of ketones is 1. The Labute approximate surface area is 148 Å². The van der Waals surface area contributed by atoms with Crippen LogP contribution in [0.4, 0.5) is 5.69 Å². The van der Waals surface area contributed by atoms with Crippen molar-refractivity contribution >= 4 is 34.5 Å². The van der Waals surface area contributed by atoms with Gasteiger partial charge < -0.3 is 4.74 Å². The van der Waals surface area contributed by atoms with E-state index in [-0.39, 0.29) is 23.7 Å². The number of quaternary nitrogens is 1.